The van der Waals surface area contributed by atoms with Crippen molar-refractivity contribution >= 4 is 0 Å². The van der Waals surface area contributed by atoms with Crippen molar-refractivity contribution in [1.82, 2.24) is 4.73 Å². The molecule has 1 N–H and O–H groups in total. The van der Waals surface area contributed by atoms with Crippen LogP contribution in [0.5, 0.6) is 0 Å². The summed E-state index contributed by atoms with van der Waals surface area (Å²) >= 11 is 0. The predicted octanol–water partition coefficient (Wildman–Crippen LogP) is 1.47. The first-order valence-electron chi connectivity index (χ1n) is 3.80. The van der Waals surface area contributed by atoms with E-state index in [1.54, 1.807) is 0 Å². The van der Waals surface area contributed by atoms with Gasteiger partial charge >= 0.3 is 0 Å². The summed E-state index contributed by atoms with van der Waals surface area (Å²) in [5.41, 5.74) is -1.43. The molecule has 0 atom stereocenters. The van der Waals surface area contributed by atoms with E-state index in [1.165, 1.54) is 12.1 Å². The molecule has 14 heavy (non-hydrogen) atoms. The monoisotopic (exact) mass is 197 g/mol. The van der Waals surface area contributed by atoms with Crippen molar-refractivity contribution in [2.45, 2.75) is 0 Å². The first kappa shape index (κ1) is 8.68. The molecule has 0 unspecified atom stereocenters. The number of hydrogen-bond donors (Lipinski definition) is 1. The third-order valence-electron chi connectivity index (χ3n) is 1.92. The molecule has 0 bridgehead atoms. The number of pyridine rings is 1. The van der Waals surface area contributed by atoms with Gasteiger partial charge in [0.15, 0.2) is 11.6 Å². The van der Waals surface area contributed by atoms with Gasteiger partial charge in [-0.15, -0.1) is 0 Å². The van der Waals surface area contributed by atoms with Gasteiger partial charge in [0.2, 0.25) is 5.43 Å². The molecule has 0 aromatic heterocycles. The van der Waals surface area contributed by atoms with E-state index < -0.39 is 17.1 Å². The molecule has 0 amide bonds. The largest absolute Gasteiger partial charge is 0.428 e. The Balaban J connectivity index is 2.99. The average Bonchev–Trinajstić information content (AvgIpc) is 2.14. The summed E-state index contributed by atoms with van der Waals surface area (Å²) in [5.74, 6) is -2.14. The molecule has 0 saturated carbocycles. The number of halogens is 2. The molecule has 1 aliphatic heterocycles. The van der Waals surface area contributed by atoms with E-state index in [-0.39, 0.29) is 11.3 Å². The second kappa shape index (κ2) is 2.80. The highest BCUT2D eigenvalue weighted by Gasteiger charge is 2.18. The van der Waals surface area contributed by atoms with E-state index in [1.807, 2.05) is 0 Å². The number of hydrogen-bond acceptors (Lipinski definition) is 2. The SMILES string of the molecule is O=c1c(F)cc(F)c2n(O)cccc1-2. The zero-order valence-corrected chi connectivity index (χ0v) is 6.87. The molecule has 72 valence electrons. The summed E-state index contributed by atoms with van der Waals surface area (Å²) in [6.45, 7) is 0. The lowest BCUT2D eigenvalue weighted by atomic mass is 10.1. The summed E-state index contributed by atoms with van der Waals surface area (Å²) < 4.78 is 26.4. The van der Waals surface area contributed by atoms with Gasteiger partial charge in [0.05, 0.1) is 5.56 Å². The maximum Gasteiger partial charge on any atom is 0.223 e. The van der Waals surface area contributed by atoms with Crippen molar-refractivity contribution in [3.8, 4) is 11.3 Å². The second-order valence-electron chi connectivity index (χ2n) is 2.78. The molecule has 1 aliphatic carbocycles. The van der Waals surface area contributed by atoms with E-state index in [9.17, 15) is 18.8 Å². The van der Waals surface area contributed by atoms with E-state index in [4.69, 9.17) is 0 Å². The van der Waals surface area contributed by atoms with Crippen LogP contribution in [0.15, 0.2) is 29.2 Å². The molecule has 0 aromatic rings. The first-order valence-corrected chi connectivity index (χ1v) is 3.80. The van der Waals surface area contributed by atoms with Gasteiger partial charge in [-0.2, -0.15) is 4.73 Å². The van der Waals surface area contributed by atoms with Gasteiger partial charge in [-0.05, 0) is 12.1 Å². The van der Waals surface area contributed by atoms with Crippen LogP contribution in [0.25, 0.3) is 11.3 Å². The van der Waals surface area contributed by atoms with Crippen LogP contribution in [0.2, 0.25) is 0 Å². The third kappa shape index (κ3) is 1.06. The van der Waals surface area contributed by atoms with Crippen molar-refractivity contribution in [1.29, 1.82) is 0 Å². The first-order chi connectivity index (χ1) is 6.61. The Hall–Kier alpha value is -1.91. The van der Waals surface area contributed by atoms with E-state index in [2.05, 4.69) is 0 Å². The zero-order valence-electron chi connectivity index (χ0n) is 6.87. The number of fused-ring (bicyclic) bond motifs is 1. The highest BCUT2D eigenvalue weighted by molar-refractivity contribution is 5.61. The van der Waals surface area contributed by atoms with Crippen molar-refractivity contribution < 1.29 is 14.0 Å². The molecule has 1 heterocycles. The summed E-state index contributed by atoms with van der Waals surface area (Å²) in [5, 5.41) is 9.18. The number of nitrogens with zero attached hydrogens (tertiary/aromatic N) is 1. The van der Waals surface area contributed by atoms with Crippen LogP contribution in [0, 0.1) is 11.6 Å². The Kier molecular flexibility index (Phi) is 1.73. The average molecular weight is 197 g/mol. The summed E-state index contributed by atoms with van der Waals surface area (Å²) in [6, 6.07) is 3.02. The highest BCUT2D eigenvalue weighted by Crippen LogP contribution is 2.20. The topological polar surface area (TPSA) is 42.2 Å². The smallest absolute Gasteiger partial charge is 0.223 e. The van der Waals surface area contributed by atoms with Gasteiger partial charge in [-0.1, -0.05) is 0 Å². The van der Waals surface area contributed by atoms with Gasteiger partial charge in [-0.3, -0.25) is 4.79 Å². The lowest BCUT2D eigenvalue weighted by Crippen LogP contribution is -2.15. The molecule has 0 aromatic carbocycles. The Bertz CT molecular complexity index is 521. The minimum Gasteiger partial charge on any atom is -0.428 e. The van der Waals surface area contributed by atoms with E-state index in [0.29, 0.717) is 10.8 Å². The van der Waals surface area contributed by atoms with Crippen LogP contribution in [-0.4, -0.2) is 9.94 Å². The maximum atomic E-state index is 13.1. The fraction of sp³-hybridized carbons (Fsp3) is 0. The molecular formula is C9H5F2NO2. The van der Waals surface area contributed by atoms with Crippen LogP contribution in [0.3, 0.4) is 0 Å². The summed E-state index contributed by atoms with van der Waals surface area (Å²) in [6.07, 6.45) is 1.16. The molecule has 0 saturated heterocycles. The van der Waals surface area contributed by atoms with Crippen molar-refractivity contribution in [3.63, 3.8) is 0 Å². The molecule has 0 radical (unpaired) electrons. The van der Waals surface area contributed by atoms with Crippen LogP contribution in [0.1, 0.15) is 0 Å². The van der Waals surface area contributed by atoms with Crippen LogP contribution in [-0.2, 0) is 0 Å². The third-order valence-corrected chi connectivity index (χ3v) is 1.92. The highest BCUT2D eigenvalue weighted by atomic mass is 19.1. The quantitative estimate of drug-likeness (QED) is 0.650. The second-order valence-corrected chi connectivity index (χ2v) is 2.78. The Morgan fingerprint density at radius 3 is 2.71 bits per heavy atom. The standard InChI is InChI=1S/C9H5F2NO2/c10-6-4-7(11)9(13)5-2-1-3-12(14)8(5)6/h1-4,14H. The van der Waals surface area contributed by atoms with Gasteiger partial charge in [0.25, 0.3) is 0 Å². The van der Waals surface area contributed by atoms with Gasteiger partial charge in [0, 0.05) is 12.3 Å². The molecular weight excluding hydrogens is 192 g/mol. The van der Waals surface area contributed by atoms with Crippen LogP contribution in [0.4, 0.5) is 8.78 Å². The zero-order chi connectivity index (χ0) is 10.3. The van der Waals surface area contributed by atoms with Gasteiger partial charge in [-0.25, -0.2) is 8.78 Å². The number of aromatic nitrogens is 1. The molecule has 0 fully saturated rings. The summed E-state index contributed by atoms with van der Waals surface area (Å²) in [7, 11) is 0. The molecule has 3 nitrogen and oxygen atoms in total. The van der Waals surface area contributed by atoms with Crippen molar-refractivity contribution in [2.24, 2.45) is 0 Å². The minimum atomic E-state index is -1.17. The fourth-order valence-corrected chi connectivity index (χ4v) is 1.29. The van der Waals surface area contributed by atoms with Gasteiger partial charge < -0.3 is 5.21 Å². The van der Waals surface area contributed by atoms with Gasteiger partial charge in [0.1, 0.15) is 5.69 Å². The Morgan fingerprint density at radius 2 is 2.00 bits per heavy atom. The number of rotatable bonds is 0. The summed E-state index contributed by atoms with van der Waals surface area (Å²) in [4.78, 5) is 11.2. The molecule has 2 rings (SSSR count). The van der Waals surface area contributed by atoms with E-state index >= 15 is 0 Å². The number of benzene rings is 1. The van der Waals surface area contributed by atoms with Crippen LogP contribution >= 0.6 is 0 Å². The predicted molar refractivity (Wildman–Crippen MR) is 44.4 cm³/mol. The van der Waals surface area contributed by atoms with E-state index in [0.717, 1.165) is 6.20 Å². The maximum absolute atomic E-state index is 13.1. The van der Waals surface area contributed by atoms with Crippen LogP contribution < -0.4 is 5.43 Å². The minimum absolute atomic E-state index is 0.187. The van der Waals surface area contributed by atoms with Crippen molar-refractivity contribution in [2.75, 3.05) is 0 Å². The lowest BCUT2D eigenvalue weighted by molar-refractivity contribution is 0.186. The molecule has 0 spiro atoms. The molecule has 2 aliphatic rings. The fourth-order valence-electron chi connectivity index (χ4n) is 1.29. The Morgan fingerprint density at radius 1 is 1.29 bits per heavy atom. The Labute approximate surface area is 77.1 Å². The normalized spacial score (nSPS) is 10.7. The lowest BCUT2D eigenvalue weighted by Gasteiger charge is -2.09. The molecule has 5 heteroatoms. The van der Waals surface area contributed by atoms with Crippen molar-refractivity contribution in [3.05, 3.63) is 46.3 Å².